The highest BCUT2D eigenvalue weighted by molar-refractivity contribution is 5.93. The summed E-state index contributed by atoms with van der Waals surface area (Å²) in [5, 5.41) is 15.0. The molecule has 3 aromatic heterocycles. The van der Waals surface area contributed by atoms with Gasteiger partial charge in [-0.15, -0.1) is 0 Å². The van der Waals surface area contributed by atoms with Crippen molar-refractivity contribution in [3.05, 3.63) is 35.8 Å². The molecule has 0 spiro atoms. The van der Waals surface area contributed by atoms with E-state index in [-0.39, 0.29) is 11.9 Å². The van der Waals surface area contributed by atoms with Crippen LogP contribution in [-0.4, -0.2) is 66.0 Å². The lowest BCUT2D eigenvalue weighted by Crippen LogP contribution is -2.47. The first kappa shape index (κ1) is 20.0. The van der Waals surface area contributed by atoms with Crippen LogP contribution in [0.4, 0.5) is 11.8 Å². The van der Waals surface area contributed by atoms with Crippen LogP contribution in [0.1, 0.15) is 29.5 Å². The number of aryl methyl sites for hydroxylation is 3. The van der Waals surface area contributed by atoms with Crippen LogP contribution in [0.15, 0.2) is 24.4 Å². The van der Waals surface area contributed by atoms with Crippen molar-refractivity contribution in [2.45, 2.75) is 26.3 Å². The number of hydrogen-bond acceptors (Lipinski definition) is 7. The predicted octanol–water partition coefficient (Wildman–Crippen LogP) is 1.49. The third-order valence-corrected chi connectivity index (χ3v) is 5.24. The van der Waals surface area contributed by atoms with Gasteiger partial charge in [-0.2, -0.15) is 10.2 Å². The van der Waals surface area contributed by atoms with Crippen LogP contribution < -0.4 is 10.6 Å². The van der Waals surface area contributed by atoms with Crippen molar-refractivity contribution in [2.75, 3.05) is 25.0 Å². The van der Waals surface area contributed by atoms with E-state index < -0.39 is 0 Å². The lowest BCUT2D eigenvalue weighted by atomic mass is 10.2. The molecule has 0 bridgehead atoms. The minimum absolute atomic E-state index is 0.0767. The van der Waals surface area contributed by atoms with Crippen LogP contribution in [0.2, 0.25) is 0 Å². The first-order valence-electron chi connectivity index (χ1n) is 10.1. The second-order valence-electron chi connectivity index (χ2n) is 7.75. The van der Waals surface area contributed by atoms with E-state index in [0.717, 1.165) is 25.3 Å². The number of carbonyl (C=O) groups excluding carboxylic acids is 1. The first-order chi connectivity index (χ1) is 14.4. The van der Waals surface area contributed by atoms with Gasteiger partial charge in [0.2, 0.25) is 5.95 Å². The van der Waals surface area contributed by atoms with Crippen LogP contribution >= 0.6 is 0 Å². The van der Waals surface area contributed by atoms with Gasteiger partial charge < -0.3 is 15.5 Å². The number of aromatic nitrogens is 6. The van der Waals surface area contributed by atoms with E-state index in [1.54, 1.807) is 34.7 Å². The molecule has 1 amide bonds. The van der Waals surface area contributed by atoms with Crippen LogP contribution in [0.25, 0.3) is 11.4 Å². The number of amides is 1. The summed E-state index contributed by atoms with van der Waals surface area (Å²) in [5.74, 6) is 0.954. The zero-order valence-corrected chi connectivity index (χ0v) is 17.8. The van der Waals surface area contributed by atoms with Gasteiger partial charge in [-0.25, -0.2) is 9.97 Å². The summed E-state index contributed by atoms with van der Waals surface area (Å²) in [6.45, 7) is 7.08. The molecule has 0 saturated carbocycles. The van der Waals surface area contributed by atoms with E-state index in [0.29, 0.717) is 28.8 Å². The van der Waals surface area contributed by atoms with Crippen molar-refractivity contribution in [1.82, 2.24) is 39.7 Å². The Morgan fingerprint density at radius 3 is 2.63 bits per heavy atom. The highest BCUT2D eigenvalue weighted by atomic mass is 16.2. The molecule has 1 aliphatic heterocycles. The molecule has 1 unspecified atom stereocenters. The van der Waals surface area contributed by atoms with Crippen LogP contribution in [0.3, 0.4) is 0 Å². The van der Waals surface area contributed by atoms with Gasteiger partial charge in [0.05, 0.1) is 5.69 Å². The Kier molecular flexibility index (Phi) is 5.49. The number of carbonyl (C=O) groups is 1. The zero-order chi connectivity index (χ0) is 21.3. The van der Waals surface area contributed by atoms with E-state index in [4.69, 9.17) is 0 Å². The number of likely N-dealkylation sites (tertiary alicyclic amines) is 1. The van der Waals surface area contributed by atoms with Crippen molar-refractivity contribution in [3.63, 3.8) is 0 Å². The third-order valence-electron chi connectivity index (χ3n) is 5.24. The van der Waals surface area contributed by atoms with Gasteiger partial charge in [-0.3, -0.25) is 14.2 Å². The van der Waals surface area contributed by atoms with Crippen LogP contribution in [-0.2, 0) is 14.1 Å². The fraction of sp³-hybridized carbons (Fsp3) is 0.450. The lowest BCUT2D eigenvalue weighted by molar-refractivity contribution is 0.0905. The molecule has 158 valence electrons. The summed E-state index contributed by atoms with van der Waals surface area (Å²) in [6.07, 6.45) is 2.89. The molecule has 0 radical (unpaired) electrons. The summed E-state index contributed by atoms with van der Waals surface area (Å²) >= 11 is 0. The normalized spacial score (nSPS) is 14.9. The highest BCUT2D eigenvalue weighted by Gasteiger charge is 2.20. The Balaban J connectivity index is 1.47. The Morgan fingerprint density at radius 2 is 1.97 bits per heavy atom. The van der Waals surface area contributed by atoms with Gasteiger partial charge in [-0.1, -0.05) is 0 Å². The second-order valence-corrected chi connectivity index (χ2v) is 7.75. The molecule has 3 aromatic rings. The number of hydrogen-bond donors (Lipinski definition) is 2. The predicted molar refractivity (Wildman–Crippen MR) is 113 cm³/mol. The van der Waals surface area contributed by atoms with Crippen LogP contribution in [0, 0.1) is 6.92 Å². The monoisotopic (exact) mass is 409 g/mol. The van der Waals surface area contributed by atoms with E-state index in [1.165, 1.54) is 6.42 Å². The largest absolute Gasteiger partial charge is 0.347 e. The fourth-order valence-electron chi connectivity index (χ4n) is 3.40. The Morgan fingerprint density at radius 1 is 1.17 bits per heavy atom. The molecular formula is C20H27N9O. The van der Waals surface area contributed by atoms with E-state index in [9.17, 15) is 4.79 Å². The van der Waals surface area contributed by atoms with Crippen molar-refractivity contribution >= 4 is 17.7 Å². The molecular weight excluding hydrogens is 382 g/mol. The molecule has 4 heterocycles. The molecule has 1 aliphatic rings. The summed E-state index contributed by atoms with van der Waals surface area (Å²) in [5.41, 5.74) is 2.76. The maximum absolute atomic E-state index is 12.7. The highest BCUT2D eigenvalue weighted by Crippen LogP contribution is 2.19. The molecule has 30 heavy (non-hydrogen) atoms. The van der Waals surface area contributed by atoms with Gasteiger partial charge in [0.15, 0.2) is 5.82 Å². The number of rotatable bonds is 7. The van der Waals surface area contributed by atoms with Gasteiger partial charge in [0.25, 0.3) is 5.91 Å². The van der Waals surface area contributed by atoms with E-state index in [1.807, 2.05) is 27.0 Å². The second kappa shape index (κ2) is 8.23. The minimum Gasteiger partial charge on any atom is -0.347 e. The number of nitrogens with zero attached hydrogens (tertiary/aromatic N) is 7. The van der Waals surface area contributed by atoms with Crippen molar-refractivity contribution in [1.29, 1.82) is 0 Å². The average molecular weight is 409 g/mol. The van der Waals surface area contributed by atoms with Crippen molar-refractivity contribution < 1.29 is 4.79 Å². The quantitative estimate of drug-likeness (QED) is 0.609. The van der Waals surface area contributed by atoms with E-state index in [2.05, 4.69) is 35.7 Å². The summed E-state index contributed by atoms with van der Waals surface area (Å²) in [6, 6.07) is 5.52. The molecule has 1 fully saturated rings. The molecule has 4 rings (SSSR count). The molecule has 2 N–H and O–H groups in total. The Hall–Kier alpha value is -3.27. The van der Waals surface area contributed by atoms with Crippen molar-refractivity contribution in [3.8, 4) is 11.4 Å². The smallest absolute Gasteiger partial charge is 0.269 e. The Bertz CT molecular complexity index is 1030. The molecule has 10 nitrogen and oxygen atoms in total. The molecule has 10 heteroatoms. The maximum atomic E-state index is 12.7. The topological polar surface area (TPSA) is 106 Å². The van der Waals surface area contributed by atoms with Crippen LogP contribution in [0.5, 0.6) is 0 Å². The number of anilines is 2. The molecule has 1 saturated heterocycles. The zero-order valence-electron chi connectivity index (χ0n) is 17.8. The molecule has 0 aromatic carbocycles. The Labute approximate surface area is 175 Å². The standard InChI is InChI=1S/C20H27N9O/c1-13(12-29-8-5-9-29)22-19(30)17-11-16(25-28(17)4)15-6-7-21-20(23-15)24-18-10-14(2)27(3)26-18/h6-7,10-11,13H,5,8-9,12H2,1-4H3,(H,22,30)(H,21,23,24,26). The third kappa shape index (κ3) is 4.33. The molecule has 1 atom stereocenters. The van der Waals surface area contributed by atoms with Crippen molar-refractivity contribution in [2.24, 2.45) is 14.1 Å². The SMILES string of the molecule is Cc1cc(Nc2nccc(-c3cc(C(=O)NC(C)CN4CCC4)n(C)n3)n2)nn1C. The maximum Gasteiger partial charge on any atom is 0.269 e. The lowest BCUT2D eigenvalue weighted by Gasteiger charge is -2.33. The van der Waals surface area contributed by atoms with E-state index >= 15 is 0 Å². The van der Waals surface area contributed by atoms with Gasteiger partial charge >= 0.3 is 0 Å². The first-order valence-corrected chi connectivity index (χ1v) is 10.1. The number of nitrogens with one attached hydrogen (secondary N) is 2. The minimum atomic E-state index is -0.138. The fourth-order valence-corrected chi connectivity index (χ4v) is 3.40. The summed E-state index contributed by atoms with van der Waals surface area (Å²) in [4.78, 5) is 23.8. The van der Waals surface area contributed by atoms with Gasteiger partial charge in [0, 0.05) is 44.6 Å². The molecule has 0 aliphatic carbocycles. The summed E-state index contributed by atoms with van der Waals surface area (Å²) < 4.78 is 3.36. The average Bonchev–Trinajstić information content (AvgIpc) is 3.20. The summed E-state index contributed by atoms with van der Waals surface area (Å²) in [7, 11) is 3.64. The van der Waals surface area contributed by atoms with Gasteiger partial charge in [0.1, 0.15) is 11.4 Å². The van der Waals surface area contributed by atoms with Gasteiger partial charge in [-0.05, 0) is 45.5 Å².